The number of nitrogens with zero attached hydrogens (tertiary/aromatic N) is 2. The molecule has 4 aliphatic rings. The molecule has 2 aromatic rings. The zero-order chi connectivity index (χ0) is 28.9. The van der Waals surface area contributed by atoms with E-state index in [0.717, 1.165) is 17.0 Å². The summed E-state index contributed by atoms with van der Waals surface area (Å²) < 4.78 is 13.7. The standard InChI is InChI=1S/C30H27Cl2FN2O5/c1-28(2,3)35-24(37)19-13-12-17-20(22(19)25(35)38)14-29(31)26(39)34(16-10-8-15(33)9-11-16)27(40)30(29,32)23(17)18-6-4-5-7-21(18)36/h4-12,19-20,22-23,36H,13-14H2,1-3H3. The molecule has 10 heteroatoms. The molecule has 0 aromatic heterocycles. The van der Waals surface area contributed by atoms with E-state index >= 15 is 0 Å². The summed E-state index contributed by atoms with van der Waals surface area (Å²) in [5.41, 5.74) is 0.212. The monoisotopic (exact) mass is 584 g/mol. The van der Waals surface area contributed by atoms with Gasteiger partial charge in [0.1, 0.15) is 11.6 Å². The fourth-order valence-corrected chi connectivity index (χ4v) is 8.06. The third-order valence-corrected chi connectivity index (χ3v) is 10.2. The van der Waals surface area contributed by atoms with E-state index in [0.29, 0.717) is 5.57 Å². The Morgan fingerprint density at radius 1 is 0.925 bits per heavy atom. The number of halogens is 3. The molecule has 40 heavy (non-hydrogen) atoms. The smallest absolute Gasteiger partial charge is 0.258 e. The molecule has 1 saturated carbocycles. The van der Waals surface area contributed by atoms with Gasteiger partial charge in [-0.25, -0.2) is 9.29 Å². The summed E-state index contributed by atoms with van der Waals surface area (Å²) in [5.74, 6) is -6.18. The maximum absolute atomic E-state index is 14.2. The van der Waals surface area contributed by atoms with E-state index < -0.39 is 56.6 Å². The van der Waals surface area contributed by atoms with Crippen molar-refractivity contribution in [3.05, 3.63) is 71.6 Å². The van der Waals surface area contributed by atoms with Gasteiger partial charge in [0.2, 0.25) is 11.8 Å². The second-order valence-electron chi connectivity index (χ2n) is 12.0. The number of carbonyl (C=O) groups excluding carboxylic acids is 4. The van der Waals surface area contributed by atoms with Gasteiger partial charge in [0.15, 0.2) is 9.75 Å². The average molecular weight is 585 g/mol. The molecular formula is C30H27Cl2FN2O5. The number of likely N-dealkylation sites (tertiary alicyclic amines) is 1. The number of hydrogen-bond donors (Lipinski definition) is 1. The molecule has 6 atom stereocenters. The summed E-state index contributed by atoms with van der Waals surface area (Å²) in [6, 6.07) is 11.2. The number of benzene rings is 2. The Morgan fingerprint density at radius 2 is 1.57 bits per heavy atom. The molecule has 208 valence electrons. The minimum absolute atomic E-state index is 0.0998. The van der Waals surface area contributed by atoms with Gasteiger partial charge >= 0.3 is 0 Å². The van der Waals surface area contributed by atoms with E-state index in [1.54, 1.807) is 39.0 Å². The maximum Gasteiger partial charge on any atom is 0.258 e. The molecule has 1 N–H and O–H groups in total. The quantitative estimate of drug-likeness (QED) is 0.308. The summed E-state index contributed by atoms with van der Waals surface area (Å²) in [5, 5.41) is 11.0. The number of rotatable bonds is 2. The normalized spacial score (nSPS) is 33.6. The van der Waals surface area contributed by atoms with Gasteiger partial charge < -0.3 is 5.11 Å². The van der Waals surface area contributed by atoms with Gasteiger partial charge in [0, 0.05) is 17.0 Å². The number of allylic oxidation sites excluding steroid dienone is 2. The van der Waals surface area contributed by atoms with Crippen molar-refractivity contribution < 1.29 is 28.7 Å². The highest BCUT2D eigenvalue weighted by Crippen LogP contribution is 2.66. The first kappa shape index (κ1) is 27.0. The topological polar surface area (TPSA) is 95.0 Å². The van der Waals surface area contributed by atoms with Crippen molar-refractivity contribution in [3.63, 3.8) is 0 Å². The number of para-hydroxylation sites is 1. The molecule has 2 aliphatic carbocycles. The number of fused-ring (bicyclic) bond motifs is 4. The van der Waals surface area contributed by atoms with E-state index in [-0.39, 0.29) is 41.7 Å². The van der Waals surface area contributed by atoms with Crippen LogP contribution in [0.3, 0.4) is 0 Å². The van der Waals surface area contributed by atoms with E-state index in [1.807, 2.05) is 6.08 Å². The fraction of sp³-hybridized carbons (Fsp3) is 0.400. The number of phenolic OH excluding ortho intramolecular Hbond substituents is 1. The van der Waals surface area contributed by atoms with Gasteiger partial charge in [0.25, 0.3) is 11.8 Å². The molecule has 2 saturated heterocycles. The number of imide groups is 2. The number of hydrogen-bond acceptors (Lipinski definition) is 5. The van der Waals surface area contributed by atoms with Crippen LogP contribution in [0, 0.1) is 23.6 Å². The largest absolute Gasteiger partial charge is 0.508 e. The van der Waals surface area contributed by atoms with Crippen LogP contribution in [0.2, 0.25) is 0 Å². The van der Waals surface area contributed by atoms with Crippen LogP contribution in [0.1, 0.15) is 45.1 Å². The molecule has 3 fully saturated rings. The van der Waals surface area contributed by atoms with Crippen LogP contribution >= 0.6 is 23.2 Å². The minimum atomic E-state index is -2.08. The molecule has 4 amide bonds. The van der Waals surface area contributed by atoms with Crippen molar-refractivity contribution in [2.24, 2.45) is 17.8 Å². The van der Waals surface area contributed by atoms with Gasteiger partial charge in [-0.3, -0.25) is 24.1 Å². The highest BCUT2D eigenvalue weighted by atomic mass is 35.5. The number of amides is 4. The van der Waals surface area contributed by atoms with Crippen LogP contribution in [-0.4, -0.2) is 48.9 Å². The summed E-state index contributed by atoms with van der Waals surface area (Å²) in [7, 11) is 0. The molecular weight excluding hydrogens is 558 g/mol. The number of carbonyl (C=O) groups is 4. The van der Waals surface area contributed by atoms with Crippen LogP contribution in [0.25, 0.3) is 0 Å². The summed E-state index contributed by atoms with van der Waals surface area (Å²) in [6.45, 7) is 5.35. The van der Waals surface area contributed by atoms with Gasteiger partial charge in [0.05, 0.1) is 17.5 Å². The first-order valence-electron chi connectivity index (χ1n) is 13.1. The first-order chi connectivity index (χ1) is 18.7. The van der Waals surface area contributed by atoms with Crippen molar-refractivity contribution in [1.29, 1.82) is 0 Å². The van der Waals surface area contributed by atoms with Crippen LogP contribution in [0.15, 0.2) is 60.2 Å². The van der Waals surface area contributed by atoms with Crippen LogP contribution < -0.4 is 4.90 Å². The lowest BCUT2D eigenvalue weighted by atomic mass is 9.56. The lowest BCUT2D eigenvalue weighted by Gasteiger charge is -2.50. The summed E-state index contributed by atoms with van der Waals surface area (Å²) in [4.78, 5) is 53.7. The highest BCUT2D eigenvalue weighted by Gasteiger charge is 2.77. The lowest BCUT2D eigenvalue weighted by Crippen LogP contribution is -2.60. The molecule has 0 spiro atoms. The Morgan fingerprint density at radius 3 is 2.20 bits per heavy atom. The number of phenols is 1. The molecule has 7 nitrogen and oxygen atoms in total. The second-order valence-corrected chi connectivity index (χ2v) is 13.2. The Labute approximate surface area is 240 Å². The predicted octanol–water partition coefficient (Wildman–Crippen LogP) is 4.89. The van der Waals surface area contributed by atoms with Crippen molar-refractivity contribution in [2.45, 2.75) is 54.8 Å². The van der Waals surface area contributed by atoms with E-state index in [4.69, 9.17) is 23.2 Å². The summed E-state index contributed by atoms with van der Waals surface area (Å²) >= 11 is 14.5. The van der Waals surface area contributed by atoms with Crippen molar-refractivity contribution in [1.82, 2.24) is 4.90 Å². The number of alkyl halides is 2. The molecule has 2 aliphatic heterocycles. The zero-order valence-electron chi connectivity index (χ0n) is 22.0. The Kier molecular flexibility index (Phi) is 5.82. The molecule has 6 rings (SSSR count). The molecule has 6 unspecified atom stereocenters. The second kappa shape index (κ2) is 8.63. The number of aromatic hydroxyl groups is 1. The van der Waals surface area contributed by atoms with Crippen LogP contribution in [0.4, 0.5) is 10.1 Å². The Balaban J connectivity index is 1.56. The predicted molar refractivity (Wildman–Crippen MR) is 146 cm³/mol. The third-order valence-electron chi connectivity index (χ3n) is 8.81. The highest BCUT2D eigenvalue weighted by molar-refractivity contribution is 6.58. The summed E-state index contributed by atoms with van der Waals surface area (Å²) in [6.07, 6.45) is 1.89. The SMILES string of the molecule is CC(C)(C)N1C(=O)C2CC=C3C(CC4(Cl)C(=O)N(c5ccc(F)cc5)C(=O)C4(Cl)C3c3ccccc3O)C2C1=O. The van der Waals surface area contributed by atoms with Gasteiger partial charge in [-0.05, 0) is 69.9 Å². The molecule has 0 radical (unpaired) electrons. The zero-order valence-corrected chi connectivity index (χ0v) is 23.5. The Bertz CT molecular complexity index is 1520. The third kappa shape index (κ3) is 3.35. The van der Waals surface area contributed by atoms with Gasteiger partial charge in [-0.2, -0.15) is 0 Å². The maximum atomic E-state index is 14.2. The minimum Gasteiger partial charge on any atom is -0.508 e. The van der Waals surface area contributed by atoms with Crippen molar-refractivity contribution >= 4 is 52.5 Å². The Hall–Kier alpha value is -3.23. The van der Waals surface area contributed by atoms with Crippen molar-refractivity contribution in [3.8, 4) is 5.75 Å². The van der Waals surface area contributed by atoms with Gasteiger partial charge in [-0.15, -0.1) is 23.2 Å². The first-order valence-corrected chi connectivity index (χ1v) is 13.9. The average Bonchev–Trinajstić information content (AvgIpc) is 3.24. The van der Waals surface area contributed by atoms with Crippen molar-refractivity contribution in [2.75, 3.05) is 4.90 Å². The molecule has 2 heterocycles. The lowest BCUT2D eigenvalue weighted by molar-refractivity contribution is -0.145. The number of anilines is 1. The van der Waals surface area contributed by atoms with E-state index in [9.17, 15) is 28.7 Å². The van der Waals surface area contributed by atoms with E-state index in [2.05, 4.69) is 0 Å². The van der Waals surface area contributed by atoms with Gasteiger partial charge in [-0.1, -0.05) is 29.8 Å². The molecule has 2 aromatic carbocycles. The van der Waals surface area contributed by atoms with Crippen LogP contribution in [-0.2, 0) is 19.2 Å². The van der Waals surface area contributed by atoms with E-state index in [1.165, 1.54) is 23.1 Å². The fourth-order valence-electron chi connectivity index (χ4n) is 7.14. The van der Waals surface area contributed by atoms with Crippen LogP contribution in [0.5, 0.6) is 5.75 Å². The molecule has 0 bridgehead atoms.